The Morgan fingerprint density at radius 1 is 1.22 bits per heavy atom. The Balaban J connectivity index is 1.68. The lowest BCUT2D eigenvalue weighted by molar-refractivity contribution is 0.199. The first-order valence-electron chi connectivity index (χ1n) is 8.57. The van der Waals surface area contributed by atoms with E-state index < -0.39 is 0 Å². The van der Waals surface area contributed by atoms with Gasteiger partial charge < -0.3 is 13.8 Å². The maximum atomic E-state index is 14.1. The van der Waals surface area contributed by atoms with E-state index in [0.717, 1.165) is 5.39 Å². The van der Waals surface area contributed by atoms with Crippen molar-refractivity contribution in [3.63, 3.8) is 0 Å². The van der Waals surface area contributed by atoms with Gasteiger partial charge in [-0.1, -0.05) is 23.4 Å². The standard InChI is InChI=1S/C19H18FN5O2/c1-12(19-23-16(24-27-19)8-11-26-2)25-10-9-21-18(25)15-7-6-13-4-3-5-14(20)17(13)22-15/h3-7,9-10,12H,8,11H2,1-2H3. The number of benzene rings is 1. The van der Waals surface area contributed by atoms with Crippen LogP contribution in [0.25, 0.3) is 22.4 Å². The lowest BCUT2D eigenvalue weighted by Crippen LogP contribution is -2.09. The average Bonchev–Trinajstić information content (AvgIpc) is 3.36. The number of aromatic nitrogens is 5. The van der Waals surface area contributed by atoms with E-state index >= 15 is 0 Å². The molecular formula is C19H18FN5O2. The second-order valence-corrected chi connectivity index (χ2v) is 6.13. The molecule has 27 heavy (non-hydrogen) atoms. The number of ether oxygens (including phenoxy) is 1. The molecule has 0 aliphatic rings. The monoisotopic (exact) mass is 367 g/mol. The van der Waals surface area contributed by atoms with Crippen LogP contribution in [0.1, 0.15) is 24.7 Å². The molecule has 1 atom stereocenters. The Labute approximate surface area is 154 Å². The molecule has 0 saturated carbocycles. The molecule has 0 spiro atoms. The molecule has 0 aliphatic heterocycles. The fourth-order valence-corrected chi connectivity index (χ4v) is 2.91. The van der Waals surface area contributed by atoms with Gasteiger partial charge in [0.05, 0.1) is 6.61 Å². The molecule has 138 valence electrons. The van der Waals surface area contributed by atoms with Crippen molar-refractivity contribution < 1.29 is 13.7 Å². The van der Waals surface area contributed by atoms with Crippen molar-refractivity contribution in [2.75, 3.05) is 13.7 Å². The molecule has 1 unspecified atom stereocenters. The third-order valence-electron chi connectivity index (χ3n) is 4.36. The number of halogens is 1. The molecule has 0 bridgehead atoms. The van der Waals surface area contributed by atoms with Gasteiger partial charge in [-0.15, -0.1) is 0 Å². The van der Waals surface area contributed by atoms with Crippen molar-refractivity contribution in [2.45, 2.75) is 19.4 Å². The summed E-state index contributed by atoms with van der Waals surface area (Å²) >= 11 is 0. The third kappa shape index (κ3) is 3.31. The van der Waals surface area contributed by atoms with Gasteiger partial charge >= 0.3 is 0 Å². The topological polar surface area (TPSA) is 78.9 Å². The molecule has 0 amide bonds. The van der Waals surface area contributed by atoms with Gasteiger partial charge in [-0.25, -0.2) is 14.4 Å². The fourth-order valence-electron chi connectivity index (χ4n) is 2.91. The van der Waals surface area contributed by atoms with Crippen LogP contribution in [0, 0.1) is 5.82 Å². The SMILES string of the molecule is COCCc1noc(C(C)n2ccnc2-c2ccc3cccc(F)c3n2)n1. The molecule has 4 rings (SSSR count). The van der Waals surface area contributed by atoms with Crippen LogP contribution in [0.15, 0.2) is 47.2 Å². The highest BCUT2D eigenvalue weighted by Crippen LogP contribution is 2.26. The van der Waals surface area contributed by atoms with Crippen LogP contribution in [-0.2, 0) is 11.2 Å². The summed E-state index contributed by atoms with van der Waals surface area (Å²) in [7, 11) is 1.63. The van der Waals surface area contributed by atoms with E-state index in [4.69, 9.17) is 9.26 Å². The Bertz CT molecular complexity index is 1070. The van der Waals surface area contributed by atoms with Gasteiger partial charge in [0.2, 0.25) is 5.89 Å². The van der Waals surface area contributed by atoms with E-state index in [1.165, 1.54) is 6.07 Å². The molecule has 0 saturated heterocycles. The average molecular weight is 367 g/mol. The fraction of sp³-hybridized carbons (Fsp3) is 0.263. The summed E-state index contributed by atoms with van der Waals surface area (Å²) in [5, 5.41) is 4.71. The second-order valence-electron chi connectivity index (χ2n) is 6.13. The zero-order valence-corrected chi connectivity index (χ0v) is 15.0. The highest BCUT2D eigenvalue weighted by molar-refractivity contribution is 5.81. The summed E-state index contributed by atoms with van der Waals surface area (Å²) in [5.74, 6) is 1.29. The first kappa shape index (κ1) is 17.3. The third-order valence-corrected chi connectivity index (χ3v) is 4.36. The summed E-state index contributed by atoms with van der Waals surface area (Å²) in [5.41, 5.74) is 0.889. The summed E-state index contributed by atoms with van der Waals surface area (Å²) in [6.45, 7) is 2.46. The maximum Gasteiger partial charge on any atom is 0.249 e. The number of hydrogen-bond donors (Lipinski definition) is 0. The number of rotatable bonds is 6. The minimum Gasteiger partial charge on any atom is -0.384 e. The second kappa shape index (κ2) is 7.24. The minimum atomic E-state index is -0.361. The number of imidazole rings is 1. The number of pyridine rings is 1. The van der Waals surface area contributed by atoms with Crippen molar-refractivity contribution in [3.05, 3.63) is 60.3 Å². The van der Waals surface area contributed by atoms with E-state index in [1.807, 2.05) is 35.9 Å². The Hall–Kier alpha value is -3.13. The number of fused-ring (bicyclic) bond motifs is 1. The zero-order chi connectivity index (χ0) is 18.8. The summed E-state index contributed by atoms with van der Waals surface area (Å²) in [4.78, 5) is 13.3. The van der Waals surface area contributed by atoms with E-state index in [0.29, 0.717) is 41.8 Å². The molecular weight excluding hydrogens is 349 g/mol. The quantitative estimate of drug-likeness (QED) is 0.520. The zero-order valence-electron chi connectivity index (χ0n) is 15.0. The highest BCUT2D eigenvalue weighted by Gasteiger charge is 2.20. The number of para-hydroxylation sites is 1. The van der Waals surface area contributed by atoms with E-state index in [9.17, 15) is 4.39 Å². The smallest absolute Gasteiger partial charge is 0.249 e. The van der Waals surface area contributed by atoms with E-state index in [2.05, 4.69) is 20.1 Å². The summed E-state index contributed by atoms with van der Waals surface area (Å²) < 4.78 is 26.4. The van der Waals surface area contributed by atoms with Crippen molar-refractivity contribution >= 4 is 10.9 Å². The number of hydrogen-bond acceptors (Lipinski definition) is 6. The van der Waals surface area contributed by atoms with E-state index in [-0.39, 0.29) is 11.9 Å². The first-order valence-corrected chi connectivity index (χ1v) is 8.57. The van der Waals surface area contributed by atoms with Gasteiger partial charge in [-0.3, -0.25) is 0 Å². The Kier molecular flexibility index (Phi) is 4.64. The van der Waals surface area contributed by atoms with Crippen molar-refractivity contribution in [3.8, 4) is 11.5 Å². The predicted molar refractivity (Wildman–Crippen MR) is 96.6 cm³/mol. The number of nitrogens with zero attached hydrogens (tertiary/aromatic N) is 5. The van der Waals surface area contributed by atoms with Crippen LogP contribution in [0.5, 0.6) is 0 Å². The molecule has 7 nitrogen and oxygen atoms in total. The minimum absolute atomic E-state index is 0.246. The van der Waals surface area contributed by atoms with Crippen LogP contribution < -0.4 is 0 Å². The van der Waals surface area contributed by atoms with Gasteiger partial charge in [0, 0.05) is 31.3 Å². The normalized spacial score (nSPS) is 12.6. The lowest BCUT2D eigenvalue weighted by atomic mass is 10.2. The Morgan fingerprint density at radius 2 is 2.11 bits per heavy atom. The molecule has 0 aliphatic carbocycles. The van der Waals surface area contributed by atoms with Gasteiger partial charge in [-0.05, 0) is 19.1 Å². The van der Waals surface area contributed by atoms with Crippen LogP contribution in [0.4, 0.5) is 4.39 Å². The number of methoxy groups -OCH3 is 1. The van der Waals surface area contributed by atoms with E-state index in [1.54, 1.807) is 19.4 Å². The predicted octanol–water partition coefficient (Wildman–Crippen LogP) is 3.42. The van der Waals surface area contributed by atoms with Crippen LogP contribution in [0.3, 0.4) is 0 Å². The van der Waals surface area contributed by atoms with Crippen LogP contribution in [0.2, 0.25) is 0 Å². The highest BCUT2D eigenvalue weighted by atomic mass is 19.1. The van der Waals surface area contributed by atoms with Crippen molar-refractivity contribution in [1.29, 1.82) is 0 Å². The van der Waals surface area contributed by atoms with Gasteiger partial charge in [0.15, 0.2) is 11.6 Å². The molecule has 1 aromatic carbocycles. The van der Waals surface area contributed by atoms with Crippen LogP contribution >= 0.6 is 0 Å². The van der Waals surface area contributed by atoms with Gasteiger partial charge in [0.1, 0.15) is 23.1 Å². The van der Waals surface area contributed by atoms with Gasteiger partial charge in [-0.2, -0.15) is 4.98 Å². The largest absolute Gasteiger partial charge is 0.384 e. The Morgan fingerprint density at radius 3 is 2.96 bits per heavy atom. The molecule has 0 fully saturated rings. The molecule has 0 N–H and O–H groups in total. The van der Waals surface area contributed by atoms with Gasteiger partial charge in [0.25, 0.3) is 0 Å². The summed E-state index contributed by atoms with van der Waals surface area (Å²) in [6, 6.07) is 8.30. The van der Waals surface area contributed by atoms with Crippen molar-refractivity contribution in [1.82, 2.24) is 24.7 Å². The maximum absolute atomic E-state index is 14.1. The summed E-state index contributed by atoms with van der Waals surface area (Å²) in [6.07, 6.45) is 4.06. The molecule has 3 aromatic heterocycles. The molecule has 0 radical (unpaired) electrons. The molecule has 4 aromatic rings. The van der Waals surface area contributed by atoms with Crippen LogP contribution in [-0.4, -0.2) is 38.4 Å². The first-order chi connectivity index (χ1) is 13.2. The molecule has 3 heterocycles. The molecule has 8 heteroatoms. The lowest BCUT2D eigenvalue weighted by Gasteiger charge is -2.12. The van der Waals surface area contributed by atoms with Crippen molar-refractivity contribution in [2.24, 2.45) is 0 Å².